The van der Waals surface area contributed by atoms with Crippen molar-refractivity contribution in [3.05, 3.63) is 91.5 Å². The number of carbonyl (C=O) groups excluding carboxylic acids is 1. The smallest absolute Gasteiger partial charge is 0.340 e. The van der Waals surface area contributed by atoms with Crippen LogP contribution in [0.2, 0.25) is 0 Å². The third kappa shape index (κ3) is 4.22. The standard InChI is InChI=1S/C22H23FN4O3/c1-5-25(4)20(28)19-21(29)26(13-16-7-6-8-17(23)12-16)22(30)27(24-19)18-10-14(2)9-15(3)11-18/h6-12H,5,13H2,1-4H3. The molecule has 0 saturated carbocycles. The number of benzene rings is 2. The number of nitrogens with zero attached hydrogens (tertiary/aromatic N) is 4. The van der Waals surface area contributed by atoms with Gasteiger partial charge in [-0.1, -0.05) is 18.2 Å². The lowest BCUT2D eigenvalue weighted by Crippen LogP contribution is -2.46. The Bertz CT molecular complexity index is 1210. The number of aromatic nitrogens is 3. The SMILES string of the molecule is CCN(C)C(=O)c1nn(-c2cc(C)cc(C)c2)c(=O)n(Cc2cccc(F)c2)c1=O. The minimum atomic E-state index is -0.810. The third-order valence-corrected chi connectivity index (χ3v) is 4.76. The van der Waals surface area contributed by atoms with Gasteiger partial charge >= 0.3 is 5.69 Å². The van der Waals surface area contributed by atoms with Gasteiger partial charge in [0, 0.05) is 13.6 Å². The highest BCUT2D eigenvalue weighted by molar-refractivity contribution is 5.91. The second-order valence-electron chi connectivity index (χ2n) is 7.23. The number of rotatable bonds is 5. The lowest BCUT2D eigenvalue weighted by molar-refractivity contribution is 0.0791. The fourth-order valence-corrected chi connectivity index (χ4v) is 3.17. The van der Waals surface area contributed by atoms with Crippen molar-refractivity contribution in [3.63, 3.8) is 0 Å². The molecule has 0 radical (unpaired) electrons. The molecule has 0 unspecified atom stereocenters. The quantitative estimate of drug-likeness (QED) is 0.647. The number of amides is 1. The highest BCUT2D eigenvalue weighted by Crippen LogP contribution is 2.11. The first kappa shape index (κ1) is 21.2. The van der Waals surface area contributed by atoms with Crippen molar-refractivity contribution in [1.29, 1.82) is 0 Å². The average molecular weight is 410 g/mol. The Morgan fingerprint density at radius 3 is 2.37 bits per heavy atom. The Morgan fingerprint density at radius 2 is 1.77 bits per heavy atom. The molecule has 1 heterocycles. The fourth-order valence-electron chi connectivity index (χ4n) is 3.17. The molecule has 3 aromatic rings. The predicted octanol–water partition coefficient (Wildman–Crippen LogP) is 2.29. The van der Waals surface area contributed by atoms with Gasteiger partial charge in [0.05, 0.1) is 12.2 Å². The molecule has 1 aromatic heterocycles. The van der Waals surface area contributed by atoms with Crippen LogP contribution in [0.5, 0.6) is 0 Å². The van der Waals surface area contributed by atoms with Crippen LogP contribution in [0.4, 0.5) is 4.39 Å². The van der Waals surface area contributed by atoms with E-state index in [0.717, 1.165) is 20.4 Å². The van der Waals surface area contributed by atoms with E-state index in [2.05, 4.69) is 5.10 Å². The molecule has 0 aliphatic heterocycles. The van der Waals surface area contributed by atoms with Crippen LogP contribution in [0.15, 0.2) is 52.1 Å². The number of hydrogen-bond acceptors (Lipinski definition) is 4. The Hall–Kier alpha value is -3.55. The van der Waals surface area contributed by atoms with Gasteiger partial charge in [-0.25, -0.2) is 9.18 Å². The first-order valence-electron chi connectivity index (χ1n) is 9.54. The zero-order valence-electron chi connectivity index (χ0n) is 17.3. The first-order valence-corrected chi connectivity index (χ1v) is 9.54. The van der Waals surface area contributed by atoms with E-state index >= 15 is 0 Å². The van der Waals surface area contributed by atoms with E-state index in [1.165, 1.54) is 23.1 Å². The zero-order chi connectivity index (χ0) is 22.0. The van der Waals surface area contributed by atoms with E-state index < -0.39 is 23.0 Å². The van der Waals surface area contributed by atoms with Crippen LogP contribution in [0.25, 0.3) is 5.69 Å². The second kappa shape index (κ2) is 8.44. The Kier molecular flexibility index (Phi) is 5.96. The van der Waals surface area contributed by atoms with Gasteiger partial charge in [-0.15, -0.1) is 0 Å². The molecule has 0 atom stereocenters. The maximum absolute atomic E-state index is 13.6. The highest BCUT2D eigenvalue weighted by Gasteiger charge is 2.22. The molecular formula is C22H23FN4O3. The molecule has 0 fully saturated rings. The molecule has 0 saturated heterocycles. The lowest BCUT2D eigenvalue weighted by atomic mass is 10.1. The molecular weight excluding hydrogens is 387 g/mol. The number of hydrogen-bond donors (Lipinski definition) is 0. The molecule has 0 spiro atoms. The molecule has 8 heteroatoms. The summed E-state index contributed by atoms with van der Waals surface area (Å²) >= 11 is 0. The number of halogens is 1. The van der Waals surface area contributed by atoms with E-state index in [-0.39, 0.29) is 12.2 Å². The van der Waals surface area contributed by atoms with Gasteiger partial charge < -0.3 is 4.90 Å². The summed E-state index contributed by atoms with van der Waals surface area (Å²) in [6, 6.07) is 11.1. The average Bonchev–Trinajstić information content (AvgIpc) is 2.69. The largest absolute Gasteiger partial charge is 0.352 e. The molecule has 0 aliphatic rings. The summed E-state index contributed by atoms with van der Waals surface area (Å²) in [4.78, 5) is 40.3. The minimum Gasteiger partial charge on any atom is -0.340 e. The summed E-state index contributed by atoms with van der Waals surface area (Å²) in [5.41, 5.74) is 0.795. The van der Waals surface area contributed by atoms with Crippen molar-refractivity contribution in [1.82, 2.24) is 19.2 Å². The summed E-state index contributed by atoms with van der Waals surface area (Å²) < 4.78 is 15.6. The van der Waals surface area contributed by atoms with E-state index in [4.69, 9.17) is 0 Å². The summed E-state index contributed by atoms with van der Waals surface area (Å²) in [5.74, 6) is -1.07. The maximum Gasteiger partial charge on any atom is 0.352 e. The molecule has 30 heavy (non-hydrogen) atoms. The van der Waals surface area contributed by atoms with Gasteiger partial charge in [0.1, 0.15) is 5.82 Å². The van der Waals surface area contributed by atoms with Crippen LogP contribution in [0, 0.1) is 19.7 Å². The van der Waals surface area contributed by atoms with Gasteiger partial charge in [-0.3, -0.25) is 14.2 Å². The molecule has 0 aliphatic carbocycles. The van der Waals surface area contributed by atoms with Crippen LogP contribution in [0.1, 0.15) is 34.1 Å². The second-order valence-corrected chi connectivity index (χ2v) is 7.23. The van der Waals surface area contributed by atoms with Crippen LogP contribution in [0.3, 0.4) is 0 Å². The van der Waals surface area contributed by atoms with Gasteiger partial charge in [-0.05, 0) is 61.7 Å². The van der Waals surface area contributed by atoms with E-state index in [1.54, 1.807) is 32.2 Å². The summed E-state index contributed by atoms with van der Waals surface area (Å²) in [6.45, 7) is 5.71. The van der Waals surface area contributed by atoms with E-state index in [9.17, 15) is 18.8 Å². The molecule has 0 bridgehead atoms. The van der Waals surface area contributed by atoms with Crippen molar-refractivity contribution in [2.24, 2.45) is 0 Å². The fraction of sp³-hybridized carbons (Fsp3) is 0.273. The Labute approximate surface area is 173 Å². The van der Waals surface area contributed by atoms with Gasteiger partial charge in [0.15, 0.2) is 0 Å². The number of carbonyl (C=O) groups is 1. The minimum absolute atomic E-state index is 0.182. The summed E-state index contributed by atoms with van der Waals surface area (Å²) in [5, 5.41) is 4.12. The Morgan fingerprint density at radius 1 is 1.10 bits per heavy atom. The van der Waals surface area contributed by atoms with Gasteiger partial charge in [-0.2, -0.15) is 9.78 Å². The highest BCUT2D eigenvalue weighted by atomic mass is 19.1. The van der Waals surface area contributed by atoms with Gasteiger partial charge in [0.2, 0.25) is 5.69 Å². The normalized spacial score (nSPS) is 10.8. The summed E-state index contributed by atoms with van der Waals surface area (Å²) in [7, 11) is 1.55. The lowest BCUT2D eigenvalue weighted by Gasteiger charge is -2.16. The van der Waals surface area contributed by atoms with Crippen LogP contribution in [-0.2, 0) is 6.54 Å². The molecule has 0 N–H and O–H groups in total. The molecule has 1 amide bonds. The van der Waals surface area contributed by atoms with Crippen molar-refractivity contribution in [2.45, 2.75) is 27.3 Å². The first-order chi connectivity index (χ1) is 14.2. The van der Waals surface area contributed by atoms with Crippen molar-refractivity contribution < 1.29 is 9.18 Å². The van der Waals surface area contributed by atoms with Crippen molar-refractivity contribution in [2.75, 3.05) is 13.6 Å². The van der Waals surface area contributed by atoms with E-state index in [0.29, 0.717) is 17.8 Å². The molecule has 156 valence electrons. The maximum atomic E-state index is 13.6. The van der Waals surface area contributed by atoms with Crippen molar-refractivity contribution in [3.8, 4) is 5.69 Å². The predicted molar refractivity (Wildman–Crippen MR) is 112 cm³/mol. The van der Waals surface area contributed by atoms with E-state index in [1.807, 2.05) is 19.9 Å². The monoisotopic (exact) mass is 410 g/mol. The topological polar surface area (TPSA) is 77.2 Å². The molecule has 7 nitrogen and oxygen atoms in total. The van der Waals surface area contributed by atoms with Crippen molar-refractivity contribution >= 4 is 5.91 Å². The van der Waals surface area contributed by atoms with Gasteiger partial charge in [0.25, 0.3) is 11.5 Å². The van der Waals surface area contributed by atoms with Crippen LogP contribution < -0.4 is 11.2 Å². The summed E-state index contributed by atoms with van der Waals surface area (Å²) in [6.07, 6.45) is 0. The molecule has 2 aromatic carbocycles. The third-order valence-electron chi connectivity index (χ3n) is 4.76. The Balaban J connectivity index is 2.28. The molecule has 3 rings (SSSR count). The number of aryl methyl sites for hydroxylation is 2. The van der Waals surface area contributed by atoms with Crippen LogP contribution >= 0.6 is 0 Å². The van der Waals surface area contributed by atoms with Crippen LogP contribution in [-0.4, -0.2) is 38.7 Å². The zero-order valence-corrected chi connectivity index (χ0v) is 17.3.